The van der Waals surface area contributed by atoms with Crippen LogP contribution < -0.4 is 21.3 Å². The fourth-order valence-corrected chi connectivity index (χ4v) is 6.18. The molecular formula is C33H45N5O7S. The van der Waals surface area contributed by atoms with Crippen molar-refractivity contribution in [2.45, 2.75) is 71.0 Å². The predicted molar refractivity (Wildman–Crippen MR) is 179 cm³/mol. The van der Waals surface area contributed by atoms with Crippen molar-refractivity contribution in [1.29, 1.82) is 0 Å². The summed E-state index contributed by atoms with van der Waals surface area (Å²) < 4.78 is 0. The Labute approximate surface area is 274 Å². The minimum absolute atomic E-state index is 0.0384. The zero-order valence-electron chi connectivity index (χ0n) is 27.0. The van der Waals surface area contributed by atoms with E-state index in [2.05, 4.69) is 21.3 Å². The van der Waals surface area contributed by atoms with E-state index in [0.29, 0.717) is 24.3 Å². The molecule has 0 bridgehead atoms. The molecule has 0 aromatic heterocycles. The first-order valence-corrected chi connectivity index (χ1v) is 16.3. The highest BCUT2D eigenvalue weighted by molar-refractivity contribution is 7.99. The molecule has 12 nitrogen and oxygen atoms in total. The van der Waals surface area contributed by atoms with E-state index in [0.717, 1.165) is 11.1 Å². The van der Waals surface area contributed by atoms with Crippen molar-refractivity contribution in [2.24, 2.45) is 5.41 Å². The summed E-state index contributed by atoms with van der Waals surface area (Å²) in [4.78, 5) is 63.1. The molecule has 2 aromatic carbocycles. The van der Waals surface area contributed by atoms with Gasteiger partial charge in [-0.3, -0.25) is 14.5 Å². The van der Waals surface area contributed by atoms with Crippen LogP contribution in [0.25, 0.3) is 0 Å². The van der Waals surface area contributed by atoms with Gasteiger partial charge >= 0.3 is 18.0 Å². The topological polar surface area (TPSA) is 177 Å². The summed E-state index contributed by atoms with van der Waals surface area (Å²) in [5, 5.41) is 30.0. The van der Waals surface area contributed by atoms with Crippen molar-refractivity contribution >= 4 is 52.9 Å². The van der Waals surface area contributed by atoms with Crippen LogP contribution in [0.2, 0.25) is 0 Å². The van der Waals surface area contributed by atoms with Gasteiger partial charge in [-0.05, 0) is 73.7 Å². The molecule has 4 amide bonds. The van der Waals surface area contributed by atoms with Crippen LogP contribution in [-0.2, 0) is 19.2 Å². The molecule has 0 saturated carbocycles. The highest BCUT2D eigenvalue weighted by Crippen LogP contribution is 2.31. The molecule has 46 heavy (non-hydrogen) atoms. The summed E-state index contributed by atoms with van der Waals surface area (Å²) in [6, 6.07) is 11.8. The van der Waals surface area contributed by atoms with E-state index in [1.807, 2.05) is 76.0 Å². The van der Waals surface area contributed by atoms with Crippen LogP contribution in [-0.4, -0.2) is 88.1 Å². The highest BCUT2D eigenvalue weighted by atomic mass is 32.2. The first kappa shape index (κ1) is 36.4. The highest BCUT2D eigenvalue weighted by Gasteiger charge is 2.36. The van der Waals surface area contributed by atoms with Crippen LogP contribution in [0, 0.1) is 12.3 Å². The molecule has 250 valence electrons. The van der Waals surface area contributed by atoms with Gasteiger partial charge in [0.15, 0.2) is 0 Å². The molecule has 6 N–H and O–H groups in total. The molecule has 0 spiro atoms. The van der Waals surface area contributed by atoms with E-state index in [4.69, 9.17) is 0 Å². The first-order chi connectivity index (χ1) is 21.6. The van der Waals surface area contributed by atoms with Crippen molar-refractivity contribution in [1.82, 2.24) is 15.5 Å². The molecule has 1 fully saturated rings. The van der Waals surface area contributed by atoms with E-state index < -0.39 is 30.1 Å². The van der Waals surface area contributed by atoms with Gasteiger partial charge in [-0.25, -0.2) is 14.4 Å². The fraction of sp³-hybridized carbons (Fsp3) is 0.485. The molecule has 1 saturated heterocycles. The molecule has 0 radical (unpaired) electrons. The van der Waals surface area contributed by atoms with Crippen molar-refractivity contribution in [2.75, 3.05) is 35.7 Å². The summed E-state index contributed by atoms with van der Waals surface area (Å²) in [6.07, 6.45) is 0.778. The SMILES string of the molecule is Cc1ccc(NC(=O)Nc2ccc(C3CC(C(=O)NC(CCSCC(NC(=O)CC(C)(C)C)C(=O)O)C(=O)O)N(C)C3)cc2)cc1. The number of likely N-dealkylation sites (tertiary alicyclic amines) is 1. The number of nitrogens with zero attached hydrogens (tertiary/aromatic N) is 1. The number of rotatable bonds is 14. The lowest BCUT2D eigenvalue weighted by Crippen LogP contribution is -2.48. The summed E-state index contributed by atoms with van der Waals surface area (Å²) in [6.45, 7) is 8.22. The molecule has 4 unspecified atom stereocenters. The number of aryl methyl sites for hydroxylation is 1. The normalized spacial score (nSPS) is 17.8. The summed E-state index contributed by atoms with van der Waals surface area (Å²) in [5.41, 5.74) is 3.12. The van der Waals surface area contributed by atoms with Crippen LogP contribution in [0.3, 0.4) is 0 Å². The van der Waals surface area contributed by atoms with Gasteiger partial charge in [0.25, 0.3) is 0 Å². The number of carboxylic acids is 2. The second kappa shape index (κ2) is 16.5. The number of likely N-dealkylation sites (N-methyl/N-ethyl adjacent to an activating group) is 1. The molecule has 3 rings (SSSR count). The van der Waals surface area contributed by atoms with Gasteiger partial charge in [-0.2, -0.15) is 11.8 Å². The fourth-order valence-electron chi connectivity index (χ4n) is 5.15. The lowest BCUT2D eigenvalue weighted by Gasteiger charge is -2.22. The second-order valence-electron chi connectivity index (χ2n) is 12.9. The minimum Gasteiger partial charge on any atom is -0.480 e. The Morgan fingerprint density at radius 3 is 2.00 bits per heavy atom. The standard InChI is InChI=1S/C33H45N5O7S/c1-20-6-10-23(11-7-20)34-32(45)35-24-12-8-21(9-13-24)22-16-27(38(5)18-22)29(40)37-25(30(41)42)14-15-46-19-26(31(43)44)36-28(39)17-33(2,3)4/h6-13,22,25-27H,14-19H2,1-5H3,(H,36,39)(H,37,40)(H,41,42)(H,43,44)(H2,34,35,45). The largest absolute Gasteiger partial charge is 0.480 e. The van der Waals surface area contributed by atoms with Crippen LogP contribution >= 0.6 is 11.8 Å². The number of carboxylic acid groups (broad SMARTS) is 2. The predicted octanol–water partition coefficient (Wildman–Crippen LogP) is 4.13. The number of amides is 4. The molecular weight excluding hydrogens is 610 g/mol. The number of urea groups is 1. The average Bonchev–Trinajstić information content (AvgIpc) is 3.35. The molecule has 1 aliphatic rings. The van der Waals surface area contributed by atoms with Crippen LogP contribution in [0.4, 0.5) is 16.2 Å². The van der Waals surface area contributed by atoms with Gasteiger partial charge in [0.2, 0.25) is 11.8 Å². The Balaban J connectivity index is 1.47. The molecule has 1 aliphatic heterocycles. The van der Waals surface area contributed by atoms with E-state index in [1.54, 1.807) is 12.1 Å². The second-order valence-corrected chi connectivity index (χ2v) is 14.1. The quantitative estimate of drug-likeness (QED) is 0.163. The number of nitrogens with one attached hydrogen (secondary N) is 4. The smallest absolute Gasteiger partial charge is 0.327 e. The van der Waals surface area contributed by atoms with E-state index in [1.165, 1.54) is 11.8 Å². The maximum absolute atomic E-state index is 13.2. The molecule has 1 heterocycles. The summed E-state index contributed by atoms with van der Waals surface area (Å²) >= 11 is 1.21. The van der Waals surface area contributed by atoms with Crippen molar-refractivity contribution in [3.63, 3.8) is 0 Å². The Bertz CT molecular complexity index is 1380. The third-order valence-electron chi connectivity index (χ3n) is 7.57. The molecule has 13 heteroatoms. The number of carbonyl (C=O) groups is 5. The lowest BCUT2D eigenvalue weighted by molar-refractivity contribution is -0.142. The van der Waals surface area contributed by atoms with E-state index in [9.17, 15) is 34.2 Å². The Kier molecular flexibility index (Phi) is 13.0. The van der Waals surface area contributed by atoms with Crippen LogP contribution in [0.15, 0.2) is 48.5 Å². The van der Waals surface area contributed by atoms with Gasteiger partial charge < -0.3 is 31.5 Å². The zero-order chi connectivity index (χ0) is 34.0. The monoisotopic (exact) mass is 655 g/mol. The lowest BCUT2D eigenvalue weighted by atomic mass is 9.92. The third-order valence-corrected chi connectivity index (χ3v) is 8.67. The van der Waals surface area contributed by atoms with Crippen molar-refractivity contribution < 1.29 is 34.2 Å². The van der Waals surface area contributed by atoms with Gasteiger partial charge in [-0.1, -0.05) is 50.6 Å². The van der Waals surface area contributed by atoms with Gasteiger partial charge in [0, 0.05) is 30.1 Å². The van der Waals surface area contributed by atoms with Gasteiger partial charge in [0.05, 0.1) is 6.04 Å². The summed E-state index contributed by atoms with van der Waals surface area (Å²) in [5.74, 6) is -2.68. The first-order valence-electron chi connectivity index (χ1n) is 15.2. The van der Waals surface area contributed by atoms with Crippen molar-refractivity contribution in [3.05, 3.63) is 59.7 Å². The molecule has 4 atom stereocenters. The Morgan fingerprint density at radius 1 is 0.891 bits per heavy atom. The van der Waals surface area contributed by atoms with Gasteiger partial charge in [-0.15, -0.1) is 0 Å². The number of hydrogen-bond donors (Lipinski definition) is 6. The zero-order valence-corrected chi connectivity index (χ0v) is 27.8. The van der Waals surface area contributed by atoms with E-state index >= 15 is 0 Å². The van der Waals surface area contributed by atoms with Crippen LogP contribution in [0.5, 0.6) is 0 Å². The Hall–Kier alpha value is -4.10. The number of anilines is 2. The van der Waals surface area contributed by atoms with Crippen LogP contribution in [0.1, 0.15) is 57.1 Å². The molecule has 0 aliphatic carbocycles. The Morgan fingerprint density at radius 2 is 1.46 bits per heavy atom. The number of hydrogen-bond acceptors (Lipinski definition) is 7. The van der Waals surface area contributed by atoms with E-state index in [-0.39, 0.29) is 53.5 Å². The minimum atomic E-state index is -1.17. The maximum Gasteiger partial charge on any atom is 0.327 e. The number of benzene rings is 2. The maximum atomic E-state index is 13.2. The summed E-state index contributed by atoms with van der Waals surface area (Å²) in [7, 11) is 1.82. The molecule has 2 aromatic rings. The third kappa shape index (κ3) is 11.7. The number of carbonyl (C=O) groups excluding carboxylic acids is 3. The van der Waals surface area contributed by atoms with Crippen molar-refractivity contribution in [3.8, 4) is 0 Å². The van der Waals surface area contributed by atoms with Gasteiger partial charge in [0.1, 0.15) is 12.1 Å². The number of thioether (sulfide) groups is 1. The number of aliphatic carboxylic acids is 2. The average molecular weight is 656 g/mol.